The molecular weight excluding hydrogens is 937 g/mol. The molecule has 4 amide bonds. The first-order valence-corrected chi connectivity index (χ1v) is 23.1. The van der Waals surface area contributed by atoms with E-state index in [0.717, 1.165) is 5.75 Å². The number of ether oxygens (including phenoxy) is 11. The molecule has 21 nitrogen and oxygen atoms in total. The number of hydrogen-bond acceptors (Lipinski definition) is 18. The summed E-state index contributed by atoms with van der Waals surface area (Å²) >= 11 is 2.14. The van der Waals surface area contributed by atoms with Gasteiger partial charge in [0, 0.05) is 31.6 Å². The van der Waals surface area contributed by atoms with Gasteiger partial charge in [-0.3, -0.25) is 0 Å². The number of terminal acetylenes is 2. The maximum absolute atomic E-state index is 12.9. The Hall–Kier alpha value is -3.05. The Morgan fingerprint density at radius 3 is 1.62 bits per heavy atom. The van der Waals surface area contributed by atoms with Crippen LogP contribution in [-0.2, 0) is 52.1 Å². The highest BCUT2D eigenvalue weighted by Crippen LogP contribution is 2.11. The zero-order chi connectivity index (χ0) is 45.3. The number of alkyl carbamates (subject to hydrolysis) is 2. The minimum atomic E-state index is -1.19. The van der Waals surface area contributed by atoms with Crippen LogP contribution in [0, 0.1) is 24.7 Å². The number of hydrazine groups is 1. The van der Waals surface area contributed by atoms with E-state index in [1.54, 1.807) is 29.7 Å². The van der Waals surface area contributed by atoms with Crippen LogP contribution in [0.3, 0.4) is 0 Å². The maximum atomic E-state index is 12.9. The van der Waals surface area contributed by atoms with Gasteiger partial charge < -0.3 is 84.1 Å². The molecule has 0 saturated heterocycles. The molecule has 0 fully saturated rings. The van der Waals surface area contributed by atoms with Crippen LogP contribution in [0.2, 0.25) is 0 Å². The molecule has 0 rings (SSSR count). The van der Waals surface area contributed by atoms with E-state index in [4.69, 9.17) is 76.5 Å². The molecule has 0 atom stereocenters. The van der Waals surface area contributed by atoms with E-state index in [1.165, 1.54) is 11.2 Å². The SMILES string of the molecule is C#CCOCC(COCC#C)(COC/C(N)=C/N(N)CCOCCOCCOCCNC(=O)OC(C)(C)C)NC(=O)NCCOCCOCCOCCNC(=O)OCCSI. The van der Waals surface area contributed by atoms with Crippen LogP contribution in [0.25, 0.3) is 0 Å². The molecule has 352 valence electrons. The first-order valence-electron chi connectivity index (χ1n) is 19.6. The first kappa shape index (κ1) is 58.0. The fourth-order valence-corrected chi connectivity index (χ4v) is 4.97. The van der Waals surface area contributed by atoms with Crippen LogP contribution in [0.4, 0.5) is 14.4 Å². The lowest BCUT2D eigenvalue weighted by Crippen LogP contribution is -2.61. The molecule has 0 bridgehead atoms. The highest BCUT2D eigenvalue weighted by atomic mass is 127. The van der Waals surface area contributed by atoms with E-state index in [0.29, 0.717) is 105 Å². The van der Waals surface area contributed by atoms with Crippen molar-refractivity contribution in [3.63, 3.8) is 0 Å². The molecule has 0 aliphatic carbocycles. The molecule has 0 aromatic heterocycles. The van der Waals surface area contributed by atoms with Gasteiger partial charge in [0.15, 0.2) is 0 Å². The van der Waals surface area contributed by atoms with Gasteiger partial charge in [-0.15, -0.1) is 12.8 Å². The van der Waals surface area contributed by atoms with Crippen molar-refractivity contribution in [2.24, 2.45) is 11.6 Å². The number of nitrogens with zero attached hydrogens (tertiary/aromatic N) is 1. The molecule has 0 saturated carbocycles. The Morgan fingerprint density at radius 2 is 1.13 bits per heavy atom. The number of nitrogens with one attached hydrogen (secondary N) is 4. The average Bonchev–Trinajstić information content (AvgIpc) is 3.19. The van der Waals surface area contributed by atoms with Gasteiger partial charge in [0.25, 0.3) is 0 Å². The van der Waals surface area contributed by atoms with Crippen molar-refractivity contribution in [3.05, 3.63) is 11.9 Å². The number of amides is 4. The van der Waals surface area contributed by atoms with E-state index < -0.39 is 29.4 Å². The van der Waals surface area contributed by atoms with Crippen LogP contribution in [0.1, 0.15) is 20.8 Å². The number of carbonyl (C=O) groups is 3. The van der Waals surface area contributed by atoms with Gasteiger partial charge in [-0.2, -0.15) is 0 Å². The Kier molecular flexibility index (Phi) is 37.8. The predicted octanol–water partition coefficient (Wildman–Crippen LogP) is 0.750. The minimum absolute atomic E-state index is 0.0162. The van der Waals surface area contributed by atoms with Crippen LogP contribution in [0.5, 0.6) is 0 Å². The molecule has 8 N–H and O–H groups in total. The standard InChI is InChI=1S/C38H68IN7O14S/c1-6-12-56-30-38(31-57-13-7-2,45-34(47)42-8-14-50-18-22-54-23-19-51-15-9-43-35(48)59-26-27-61-39)32-58-29-33(40)28-46(41)11-17-53-21-25-55-24-20-52-16-10-44-36(49)60-37(3,4)5/h1-2,28H,8-27,29-32,40-41H2,3-5H3,(H,43,48)(H,44,49)(H2,42,45,47)/b33-28-. The molecule has 0 aliphatic rings. The summed E-state index contributed by atoms with van der Waals surface area (Å²) in [4.78, 5) is 36.0. The highest BCUT2D eigenvalue weighted by Gasteiger charge is 2.34. The van der Waals surface area contributed by atoms with E-state index in [-0.39, 0.29) is 52.8 Å². The normalized spacial score (nSPS) is 11.6. The topological polar surface area (TPSA) is 256 Å². The molecule has 0 aromatic carbocycles. The molecular formula is C38H68IN7O14S. The second-order valence-electron chi connectivity index (χ2n) is 13.5. The molecule has 0 spiro atoms. The van der Waals surface area contributed by atoms with Crippen LogP contribution in [-0.4, -0.2) is 192 Å². The lowest BCUT2D eigenvalue weighted by Gasteiger charge is -2.33. The smallest absolute Gasteiger partial charge is 0.407 e. The Morgan fingerprint density at radius 1 is 0.672 bits per heavy atom. The van der Waals surface area contributed by atoms with Crippen LogP contribution < -0.4 is 32.8 Å². The summed E-state index contributed by atoms with van der Waals surface area (Å²) in [5.74, 6) is 11.6. The van der Waals surface area contributed by atoms with E-state index >= 15 is 0 Å². The van der Waals surface area contributed by atoms with Crippen molar-refractivity contribution < 1.29 is 66.5 Å². The summed E-state index contributed by atoms with van der Waals surface area (Å²) in [6, 6.07) is -0.531. The van der Waals surface area contributed by atoms with Crippen molar-refractivity contribution in [3.8, 4) is 24.7 Å². The van der Waals surface area contributed by atoms with Crippen molar-refractivity contribution in [1.29, 1.82) is 0 Å². The zero-order valence-corrected chi connectivity index (χ0v) is 38.8. The number of carbonyl (C=O) groups excluding carboxylic acids is 3. The average molecular weight is 1010 g/mol. The van der Waals surface area contributed by atoms with Gasteiger partial charge in [0.1, 0.15) is 31.0 Å². The Bertz CT molecular complexity index is 1240. The second-order valence-corrected chi connectivity index (χ2v) is 16.0. The van der Waals surface area contributed by atoms with Gasteiger partial charge in [-0.25, -0.2) is 20.2 Å². The molecule has 0 aliphatic heterocycles. The van der Waals surface area contributed by atoms with E-state index in [9.17, 15) is 14.4 Å². The third-order valence-electron chi connectivity index (χ3n) is 6.82. The summed E-state index contributed by atoms with van der Waals surface area (Å²) in [5.41, 5.74) is 4.72. The highest BCUT2D eigenvalue weighted by molar-refractivity contribution is 14.2. The largest absolute Gasteiger partial charge is 0.449 e. The molecule has 0 radical (unpaired) electrons. The number of nitrogens with two attached hydrogens (primary N) is 2. The lowest BCUT2D eigenvalue weighted by molar-refractivity contribution is -0.0198. The Balaban J connectivity index is 4.44. The van der Waals surface area contributed by atoms with Crippen LogP contribution in [0.15, 0.2) is 11.9 Å². The van der Waals surface area contributed by atoms with Gasteiger partial charge >= 0.3 is 18.2 Å². The van der Waals surface area contributed by atoms with E-state index in [1.807, 2.05) is 0 Å². The lowest BCUT2D eigenvalue weighted by atomic mass is 10.0. The maximum Gasteiger partial charge on any atom is 0.407 e. The summed E-state index contributed by atoms with van der Waals surface area (Å²) in [6.07, 6.45) is 11.3. The van der Waals surface area contributed by atoms with Crippen molar-refractivity contribution in [2.45, 2.75) is 31.9 Å². The molecule has 61 heavy (non-hydrogen) atoms. The monoisotopic (exact) mass is 1010 g/mol. The fraction of sp³-hybridized carbons (Fsp3) is 0.763. The summed E-state index contributed by atoms with van der Waals surface area (Å²) in [7, 11) is 1.57. The summed E-state index contributed by atoms with van der Waals surface area (Å²) in [6.45, 7) is 10.7. The Labute approximate surface area is 377 Å². The third-order valence-corrected chi connectivity index (χ3v) is 8.46. The minimum Gasteiger partial charge on any atom is -0.449 e. The van der Waals surface area contributed by atoms with Crippen molar-refractivity contribution in [2.75, 3.05) is 157 Å². The van der Waals surface area contributed by atoms with Gasteiger partial charge in [0.2, 0.25) is 0 Å². The first-order chi connectivity index (χ1) is 29.4. The van der Waals surface area contributed by atoms with E-state index in [2.05, 4.69) is 54.3 Å². The predicted molar refractivity (Wildman–Crippen MR) is 238 cm³/mol. The number of hydrogen-bond donors (Lipinski definition) is 6. The fourth-order valence-electron chi connectivity index (χ4n) is 4.28. The summed E-state index contributed by atoms with van der Waals surface area (Å²) < 4.78 is 60.0. The third kappa shape index (κ3) is 39.5. The van der Waals surface area contributed by atoms with Crippen LogP contribution >= 0.6 is 30.1 Å². The van der Waals surface area contributed by atoms with Crippen molar-refractivity contribution in [1.82, 2.24) is 26.3 Å². The number of urea groups is 1. The molecule has 0 heterocycles. The second kappa shape index (κ2) is 39.8. The van der Waals surface area contributed by atoms with Gasteiger partial charge in [-0.1, -0.05) is 20.8 Å². The van der Waals surface area contributed by atoms with Gasteiger partial charge in [-0.05, 0) is 42.0 Å². The molecule has 0 unspecified atom stereocenters. The number of halogens is 1. The quantitative estimate of drug-likeness (QED) is 0.0163. The molecule has 0 aromatic rings. The zero-order valence-electron chi connectivity index (χ0n) is 35.8. The number of rotatable bonds is 39. The van der Waals surface area contributed by atoms with Gasteiger partial charge in [0.05, 0.1) is 118 Å². The molecule has 23 heteroatoms. The van der Waals surface area contributed by atoms with Crippen molar-refractivity contribution >= 4 is 48.4 Å². The summed E-state index contributed by atoms with van der Waals surface area (Å²) in [5, 5.41) is 12.2.